The van der Waals surface area contributed by atoms with Crippen LogP contribution in [0.1, 0.15) is 17.1 Å². The third-order valence-electron chi connectivity index (χ3n) is 2.18. The lowest BCUT2D eigenvalue weighted by Gasteiger charge is -2.00. The number of carboxylic acids is 1. The van der Waals surface area contributed by atoms with E-state index in [4.69, 9.17) is 5.11 Å². The van der Waals surface area contributed by atoms with Crippen molar-refractivity contribution in [2.24, 2.45) is 0 Å². The van der Waals surface area contributed by atoms with E-state index in [-0.39, 0.29) is 13.0 Å². The lowest BCUT2D eigenvalue weighted by Crippen LogP contribution is -2.07. The SMILES string of the molecule is Cc1nc(C)c(-c2nnnn2CCC(=O)O)s1. The molecular weight excluding hydrogens is 242 g/mol. The summed E-state index contributed by atoms with van der Waals surface area (Å²) in [5.41, 5.74) is 0.860. The molecule has 0 aromatic carbocycles. The van der Waals surface area contributed by atoms with Crippen LogP contribution in [0.15, 0.2) is 0 Å². The molecule has 0 saturated heterocycles. The van der Waals surface area contributed by atoms with Crippen molar-refractivity contribution in [2.75, 3.05) is 0 Å². The third-order valence-corrected chi connectivity index (χ3v) is 3.24. The summed E-state index contributed by atoms with van der Waals surface area (Å²) in [6.45, 7) is 4.05. The molecule has 0 spiro atoms. The number of tetrazole rings is 1. The second-order valence-corrected chi connectivity index (χ2v) is 4.72. The molecule has 2 aromatic heterocycles. The summed E-state index contributed by atoms with van der Waals surface area (Å²) in [6, 6.07) is 0. The molecule has 8 heteroatoms. The standard InChI is InChI=1S/C9H11N5O2S/c1-5-8(17-6(2)10-5)9-11-12-13-14(9)4-3-7(15)16/h3-4H2,1-2H3,(H,15,16). The van der Waals surface area contributed by atoms with E-state index in [1.807, 2.05) is 13.8 Å². The van der Waals surface area contributed by atoms with Crippen LogP contribution >= 0.6 is 11.3 Å². The average molecular weight is 253 g/mol. The highest BCUT2D eigenvalue weighted by atomic mass is 32.1. The van der Waals surface area contributed by atoms with E-state index in [1.165, 1.54) is 16.0 Å². The highest BCUT2D eigenvalue weighted by Gasteiger charge is 2.15. The maximum atomic E-state index is 10.5. The van der Waals surface area contributed by atoms with Crippen molar-refractivity contribution in [1.82, 2.24) is 25.2 Å². The Bertz CT molecular complexity index is 547. The topological polar surface area (TPSA) is 93.8 Å². The van der Waals surface area contributed by atoms with Gasteiger partial charge in [0.2, 0.25) is 0 Å². The largest absolute Gasteiger partial charge is 0.481 e. The molecule has 0 aliphatic rings. The highest BCUT2D eigenvalue weighted by molar-refractivity contribution is 7.15. The molecule has 0 radical (unpaired) electrons. The monoisotopic (exact) mass is 253 g/mol. The Labute approximate surface area is 101 Å². The minimum atomic E-state index is -0.872. The fourth-order valence-electron chi connectivity index (χ4n) is 1.46. The zero-order chi connectivity index (χ0) is 12.4. The molecule has 0 saturated carbocycles. The molecule has 1 N–H and O–H groups in total. The molecule has 0 unspecified atom stereocenters. The number of carbonyl (C=O) groups is 1. The molecule has 90 valence electrons. The van der Waals surface area contributed by atoms with Crippen molar-refractivity contribution in [3.05, 3.63) is 10.7 Å². The predicted octanol–water partition coefficient (Wildman–Crippen LogP) is 0.888. The van der Waals surface area contributed by atoms with Gasteiger partial charge in [0.1, 0.15) is 0 Å². The van der Waals surface area contributed by atoms with Gasteiger partial charge < -0.3 is 5.11 Å². The third kappa shape index (κ3) is 2.47. The highest BCUT2D eigenvalue weighted by Crippen LogP contribution is 2.27. The zero-order valence-electron chi connectivity index (χ0n) is 9.41. The fourth-order valence-corrected chi connectivity index (χ4v) is 2.37. The summed E-state index contributed by atoms with van der Waals surface area (Å²) in [4.78, 5) is 15.7. The van der Waals surface area contributed by atoms with Crippen molar-refractivity contribution in [3.63, 3.8) is 0 Å². The van der Waals surface area contributed by atoms with Gasteiger partial charge in [-0.3, -0.25) is 4.79 Å². The first-order valence-corrected chi connectivity index (χ1v) is 5.82. The van der Waals surface area contributed by atoms with Gasteiger partial charge in [-0.05, 0) is 24.3 Å². The van der Waals surface area contributed by atoms with Crippen LogP contribution < -0.4 is 0 Å². The first kappa shape index (κ1) is 11.6. The summed E-state index contributed by atoms with van der Waals surface area (Å²) in [5, 5.41) is 20.9. The number of aromatic nitrogens is 5. The first-order valence-electron chi connectivity index (χ1n) is 5.00. The van der Waals surface area contributed by atoms with Gasteiger partial charge in [0.25, 0.3) is 0 Å². The number of aliphatic carboxylic acids is 1. The second-order valence-electron chi connectivity index (χ2n) is 3.52. The van der Waals surface area contributed by atoms with E-state index in [2.05, 4.69) is 20.5 Å². The van der Waals surface area contributed by atoms with Gasteiger partial charge in [0, 0.05) is 0 Å². The van der Waals surface area contributed by atoms with E-state index >= 15 is 0 Å². The van der Waals surface area contributed by atoms with Crippen LogP contribution in [0.2, 0.25) is 0 Å². The lowest BCUT2D eigenvalue weighted by molar-refractivity contribution is -0.137. The number of aryl methyl sites for hydroxylation is 3. The Morgan fingerprint density at radius 3 is 2.82 bits per heavy atom. The summed E-state index contributed by atoms with van der Waals surface area (Å²) in [6.07, 6.45) is -0.00509. The summed E-state index contributed by atoms with van der Waals surface area (Å²) < 4.78 is 1.49. The predicted molar refractivity (Wildman–Crippen MR) is 60.7 cm³/mol. The minimum absolute atomic E-state index is 0.00509. The summed E-state index contributed by atoms with van der Waals surface area (Å²) in [7, 11) is 0. The van der Waals surface area contributed by atoms with Crippen molar-refractivity contribution in [1.29, 1.82) is 0 Å². The van der Waals surface area contributed by atoms with Crippen LogP contribution in [0.4, 0.5) is 0 Å². The van der Waals surface area contributed by atoms with Crippen molar-refractivity contribution in [2.45, 2.75) is 26.8 Å². The zero-order valence-corrected chi connectivity index (χ0v) is 10.2. The quantitative estimate of drug-likeness (QED) is 0.869. The number of rotatable bonds is 4. The Hall–Kier alpha value is -1.83. The van der Waals surface area contributed by atoms with E-state index < -0.39 is 5.97 Å². The molecule has 0 aliphatic heterocycles. The van der Waals surface area contributed by atoms with Crippen LogP contribution in [0, 0.1) is 13.8 Å². The first-order chi connectivity index (χ1) is 8.08. The molecule has 7 nitrogen and oxygen atoms in total. The number of hydrogen-bond acceptors (Lipinski definition) is 6. The number of hydrogen-bond donors (Lipinski definition) is 1. The van der Waals surface area contributed by atoms with Gasteiger partial charge in [-0.2, -0.15) is 0 Å². The molecule has 17 heavy (non-hydrogen) atoms. The average Bonchev–Trinajstić information content (AvgIpc) is 2.81. The Balaban J connectivity index is 2.30. The van der Waals surface area contributed by atoms with Crippen LogP contribution in [0.5, 0.6) is 0 Å². The number of nitrogens with zero attached hydrogens (tertiary/aromatic N) is 5. The molecule has 0 fully saturated rings. The van der Waals surface area contributed by atoms with Crippen LogP contribution in [0.3, 0.4) is 0 Å². The minimum Gasteiger partial charge on any atom is -0.481 e. The second kappa shape index (κ2) is 4.58. The lowest BCUT2D eigenvalue weighted by atomic mass is 10.3. The van der Waals surface area contributed by atoms with Crippen LogP contribution in [-0.2, 0) is 11.3 Å². The summed E-state index contributed by atoms with van der Waals surface area (Å²) >= 11 is 1.50. The van der Waals surface area contributed by atoms with Crippen molar-refractivity contribution >= 4 is 17.3 Å². The van der Waals surface area contributed by atoms with Crippen molar-refractivity contribution in [3.8, 4) is 10.7 Å². The fraction of sp³-hybridized carbons (Fsp3) is 0.444. The van der Waals surface area contributed by atoms with Crippen LogP contribution in [-0.4, -0.2) is 36.3 Å². The molecule has 2 aromatic rings. The number of carboxylic acid groups (broad SMARTS) is 1. The van der Waals surface area contributed by atoms with Gasteiger partial charge in [-0.1, -0.05) is 0 Å². The van der Waals surface area contributed by atoms with Gasteiger partial charge in [0.15, 0.2) is 5.82 Å². The van der Waals surface area contributed by atoms with E-state index in [0.717, 1.165) is 15.6 Å². The van der Waals surface area contributed by atoms with E-state index in [1.54, 1.807) is 0 Å². The van der Waals surface area contributed by atoms with Gasteiger partial charge in [0.05, 0.1) is 28.5 Å². The molecule has 2 heterocycles. The Morgan fingerprint density at radius 2 is 2.24 bits per heavy atom. The van der Waals surface area contributed by atoms with E-state index in [0.29, 0.717) is 5.82 Å². The maximum absolute atomic E-state index is 10.5. The molecule has 0 aliphatic carbocycles. The molecule has 0 bridgehead atoms. The molecule has 0 amide bonds. The molecular formula is C9H11N5O2S. The van der Waals surface area contributed by atoms with Gasteiger partial charge in [-0.15, -0.1) is 16.4 Å². The smallest absolute Gasteiger partial charge is 0.305 e. The maximum Gasteiger partial charge on any atom is 0.305 e. The Morgan fingerprint density at radius 1 is 1.47 bits per heavy atom. The normalized spacial score (nSPS) is 10.7. The van der Waals surface area contributed by atoms with E-state index in [9.17, 15) is 4.79 Å². The van der Waals surface area contributed by atoms with Crippen molar-refractivity contribution < 1.29 is 9.90 Å². The molecule has 2 rings (SSSR count). The number of thiazole rings is 1. The van der Waals surface area contributed by atoms with Gasteiger partial charge in [-0.25, -0.2) is 9.67 Å². The van der Waals surface area contributed by atoms with Gasteiger partial charge >= 0.3 is 5.97 Å². The summed E-state index contributed by atoms with van der Waals surface area (Å²) in [5.74, 6) is -0.294. The Kier molecular flexibility index (Phi) is 3.14. The van der Waals surface area contributed by atoms with Crippen LogP contribution in [0.25, 0.3) is 10.7 Å². The molecule has 0 atom stereocenters.